The standard InChI is InChI=1S/C21H16N6O2/c1-13-22-21(25-24-13)27-10-8-18-16(20(27)29)11-15-17(23-18)7-9-26(19(15)28)12-14-5-3-2-4-6-14/h2-11H,12H2,1H3,(H,22,24,25). The summed E-state index contributed by atoms with van der Waals surface area (Å²) in [7, 11) is 0. The van der Waals surface area contributed by atoms with Crippen LogP contribution in [0, 0.1) is 6.92 Å². The number of aromatic nitrogens is 6. The largest absolute Gasteiger partial charge is 0.310 e. The number of pyridine rings is 3. The molecule has 4 heterocycles. The molecule has 5 aromatic rings. The lowest BCUT2D eigenvalue weighted by Crippen LogP contribution is -2.22. The molecule has 1 aromatic carbocycles. The molecular formula is C21H16N6O2. The second-order valence-corrected chi connectivity index (χ2v) is 6.80. The SMILES string of the molecule is Cc1nc(-n2ccc3nc4ccn(Cc5ccccc5)c(=O)c4cc3c2=O)n[nH]1. The number of hydrogen-bond acceptors (Lipinski definition) is 5. The van der Waals surface area contributed by atoms with E-state index in [1.54, 1.807) is 42.1 Å². The predicted molar refractivity (Wildman–Crippen MR) is 109 cm³/mol. The molecular weight excluding hydrogens is 368 g/mol. The summed E-state index contributed by atoms with van der Waals surface area (Å²) < 4.78 is 2.95. The van der Waals surface area contributed by atoms with Gasteiger partial charge in [0.1, 0.15) is 5.82 Å². The summed E-state index contributed by atoms with van der Waals surface area (Å²) in [5.74, 6) is 0.858. The van der Waals surface area contributed by atoms with Crippen LogP contribution in [0.15, 0.2) is 70.5 Å². The van der Waals surface area contributed by atoms with Crippen LogP contribution in [0.4, 0.5) is 0 Å². The molecule has 8 heteroatoms. The van der Waals surface area contributed by atoms with Gasteiger partial charge < -0.3 is 4.57 Å². The number of aromatic amines is 1. The Kier molecular flexibility index (Phi) is 3.83. The highest BCUT2D eigenvalue weighted by Gasteiger charge is 2.12. The van der Waals surface area contributed by atoms with Gasteiger partial charge in [-0.15, -0.1) is 5.10 Å². The number of nitrogens with zero attached hydrogens (tertiary/aromatic N) is 5. The van der Waals surface area contributed by atoms with E-state index in [4.69, 9.17) is 0 Å². The van der Waals surface area contributed by atoms with Crippen molar-refractivity contribution in [1.82, 2.24) is 29.3 Å². The highest BCUT2D eigenvalue weighted by molar-refractivity contribution is 5.91. The zero-order valence-electron chi connectivity index (χ0n) is 15.5. The Balaban J connectivity index is 1.70. The molecule has 0 fully saturated rings. The van der Waals surface area contributed by atoms with Crippen molar-refractivity contribution in [2.24, 2.45) is 0 Å². The van der Waals surface area contributed by atoms with E-state index in [1.807, 2.05) is 30.3 Å². The van der Waals surface area contributed by atoms with Crippen LogP contribution in [0.1, 0.15) is 11.4 Å². The van der Waals surface area contributed by atoms with Gasteiger partial charge >= 0.3 is 0 Å². The highest BCUT2D eigenvalue weighted by Crippen LogP contribution is 2.15. The number of benzene rings is 1. The van der Waals surface area contributed by atoms with E-state index < -0.39 is 0 Å². The van der Waals surface area contributed by atoms with Gasteiger partial charge in [-0.25, -0.2) is 9.55 Å². The molecule has 0 saturated heterocycles. The van der Waals surface area contributed by atoms with E-state index in [9.17, 15) is 9.59 Å². The molecule has 142 valence electrons. The summed E-state index contributed by atoms with van der Waals surface area (Å²) in [4.78, 5) is 34.7. The molecule has 0 aliphatic carbocycles. The Hall–Kier alpha value is -4.07. The summed E-state index contributed by atoms with van der Waals surface area (Å²) in [6, 6.07) is 14.9. The van der Waals surface area contributed by atoms with Crippen molar-refractivity contribution in [2.75, 3.05) is 0 Å². The van der Waals surface area contributed by atoms with Crippen molar-refractivity contribution >= 4 is 21.8 Å². The average Bonchev–Trinajstić information content (AvgIpc) is 3.16. The van der Waals surface area contributed by atoms with Gasteiger partial charge in [-0.2, -0.15) is 4.98 Å². The van der Waals surface area contributed by atoms with Crippen molar-refractivity contribution in [3.63, 3.8) is 0 Å². The van der Waals surface area contributed by atoms with E-state index in [0.29, 0.717) is 34.2 Å². The lowest BCUT2D eigenvalue weighted by Gasteiger charge is -2.08. The van der Waals surface area contributed by atoms with Crippen LogP contribution < -0.4 is 11.1 Å². The lowest BCUT2D eigenvalue weighted by molar-refractivity contribution is 0.767. The second kappa shape index (κ2) is 6.52. The molecule has 0 radical (unpaired) electrons. The molecule has 0 spiro atoms. The molecule has 0 saturated carbocycles. The van der Waals surface area contributed by atoms with Crippen LogP contribution >= 0.6 is 0 Å². The topological polar surface area (TPSA) is 98.5 Å². The number of H-pyrrole nitrogens is 1. The predicted octanol–water partition coefficient (Wildman–Crippen LogP) is 2.18. The van der Waals surface area contributed by atoms with Crippen molar-refractivity contribution in [3.05, 3.63) is 93.0 Å². The van der Waals surface area contributed by atoms with Crippen LogP contribution in [0.3, 0.4) is 0 Å². The Morgan fingerprint density at radius 3 is 2.34 bits per heavy atom. The number of hydrogen-bond donors (Lipinski definition) is 1. The van der Waals surface area contributed by atoms with Crippen molar-refractivity contribution in [2.45, 2.75) is 13.5 Å². The summed E-state index contributed by atoms with van der Waals surface area (Å²) in [6.45, 7) is 2.20. The molecule has 29 heavy (non-hydrogen) atoms. The normalized spacial score (nSPS) is 11.3. The number of fused-ring (bicyclic) bond motifs is 2. The van der Waals surface area contributed by atoms with Gasteiger partial charge in [0, 0.05) is 12.4 Å². The average molecular weight is 384 g/mol. The summed E-state index contributed by atoms with van der Waals surface area (Å²) in [5, 5.41) is 7.50. The first-order valence-electron chi connectivity index (χ1n) is 9.09. The zero-order valence-corrected chi connectivity index (χ0v) is 15.5. The van der Waals surface area contributed by atoms with Gasteiger partial charge in [0.2, 0.25) is 0 Å². The van der Waals surface area contributed by atoms with E-state index in [-0.39, 0.29) is 17.1 Å². The molecule has 0 bridgehead atoms. The van der Waals surface area contributed by atoms with E-state index in [0.717, 1.165) is 5.56 Å². The van der Waals surface area contributed by atoms with Crippen LogP contribution in [0.5, 0.6) is 0 Å². The van der Waals surface area contributed by atoms with Crippen LogP contribution in [-0.4, -0.2) is 29.3 Å². The van der Waals surface area contributed by atoms with Crippen LogP contribution in [-0.2, 0) is 6.54 Å². The Labute approximate surface area is 164 Å². The molecule has 0 atom stereocenters. The van der Waals surface area contributed by atoms with Gasteiger partial charge in [-0.3, -0.25) is 14.7 Å². The molecule has 0 aliphatic rings. The highest BCUT2D eigenvalue weighted by atomic mass is 16.1. The first kappa shape index (κ1) is 17.1. The third-order valence-electron chi connectivity index (χ3n) is 4.81. The van der Waals surface area contributed by atoms with Gasteiger partial charge in [-0.1, -0.05) is 30.3 Å². The quantitative estimate of drug-likeness (QED) is 0.481. The molecule has 0 aliphatic heterocycles. The minimum atomic E-state index is -0.325. The molecule has 5 rings (SSSR count). The van der Waals surface area contributed by atoms with E-state index in [2.05, 4.69) is 20.2 Å². The monoisotopic (exact) mass is 384 g/mol. The molecule has 0 amide bonds. The van der Waals surface area contributed by atoms with Gasteiger partial charge in [-0.05, 0) is 30.7 Å². The van der Waals surface area contributed by atoms with Crippen molar-refractivity contribution in [1.29, 1.82) is 0 Å². The summed E-state index contributed by atoms with van der Waals surface area (Å²) >= 11 is 0. The van der Waals surface area contributed by atoms with E-state index in [1.165, 1.54) is 4.57 Å². The maximum Gasteiger partial charge on any atom is 0.267 e. The maximum atomic E-state index is 13.0. The first-order chi connectivity index (χ1) is 14.1. The minimum absolute atomic E-state index is 0.190. The van der Waals surface area contributed by atoms with Crippen molar-refractivity contribution < 1.29 is 0 Å². The summed E-state index contributed by atoms with van der Waals surface area (Å²) in [5.41, 5.74) is 1.58. The Morgan fingerprint density at radius 1 is 0.897 bits per heavy atom. The molecule has 1 N–H and O–H groups in total. The van der Waals surface area contributed by atoms with Gasteiger partial charge in [0.25, 0.3) is 17.1 Å². The Morgan fingerprint density at radius 2 is 1.62 bits per heavy atom. The third kappa shape index (κ3) is 2.91. The van der Waals surface area contributed by atoms with Gasteiger partial charge in [0.05, 0.1) is 28.4 Å². The Bertz CT molecular complexity index is 1480. The van der Waals surface area contributed by atoms with Gasteiger partial charge in [0.15, 0.2) is 0 Å². The number of aryl methyl sites for hydroxylation is 1. The molecule has 0 unspecified atom stereocenters. The zero-order chi connectivity index (χ0) is 20.0. The molecule has 8 nitrogen and oxygen atoms in total. The minimum Gasteiger partial charge on any atom is -0.310 e. The van der Waals surface area contributed by atoms with E-state index >= 15 is 0 Å². The number of rotatable bonds is 3. The van der Waals surface area contributed by atoms with Crippen LogP contribution in [0.2, 0.25) is 0 Å². The number of nitrogens with one attached hydrogen (secondary N) is 1. The molecule has 4 aromatic heterocycles. The second-order valence-electron chi connectivity index (χ2n) is 6.80. The van der Waals surface area contributed by atoms with Crippen molar-refractivity contribution in [3.8, 4) is 5.95 Å². The lowest BCUT2D eigenvalue weighted by atomic mass is 10.1. The van der Waals surface area contributed by atoms with Crippen LogP contribution in [0.25, 0.3) is 27.8 Å². The fourth-order valence-electron chi connectivity index (χ4n) is 3.37. The smallest absolute Gasteiger partial charge is 0.267 e. The fourth-order valence-corrected chi connectivity index (χ4v) is 3.37. The summed E-state index contributed by atoms with van der Waals surface area (Å²) in [6.07, 6.45) is 3.32. The maximum absolute atomic E-state index is 13.0. The first-order valence-corrected chi connectivity index (χ1v) is 9.09. The third-order valence-corrected chi connectivity index (χ3v) is 4.81. The fraction of sp³-hybridized carbons (Fsp3) is 0.0952.